The van der Waals surface area contributed by atoms with Crippen molar-refractivity contribution in [1.29, 1.82) is 0 Å². The molecule has 11 aromatic carbocycles. The number of pyridine rings is 1. The molecule has 6 N–H and O–H groups in total. The van der Waals surface area contributed by atoms with E-state index in [-0.39, 0.29) is 107 Å². The fourth-order valence-electron chi connectivity index (χ4n) is 13.1. The van der Waals surface area contributed by atoms with Crippen LogP contribution in [0.15, 0.2) is 302 Å². The number of nitro benzene ring substituents is 1. The zero-order valence-corrected chi connectivity index (χ0v) is 67.5. The lowest BCUT2D eigenvalue weighted by molar-refractivity contribution is -0.384. The van der Waals surface area contributed by atoms with E-state index < -0.39 is 132 Å². The molecule has 0 aliphatic rings. The quantitative estimate of drug-likeness (QED) is 0.0468. The molecule has 0 bridgehead atoms. The van der Waals surface area contributed by atoms with Crippen molar-refractivity contribution in [2.24, 2.45) is 0 Å². The highest BCUT2D eigenvalue weighted by atomic mass is 35.5. The Morgan fingerprint density at radius 2 is 0.590 bits per heavy atom. The average Bonchev–Trinajstić information content (AvgIpc) is 0.792. The van der Waals surface area contributed by atoms with Crippen LogP contribution in [0.1, 0.15) is 33.4 Å². The van der Waals surface area contributed by atoms with Crippen molar-refractivity contribution in [1.82, 2.24) is 64.8 Å². The molecule has 0 fully saturated rings. The van der Waals surface area contributed by atoms with Gasteiger partial charge in [-0.25, -0.2) is 38.7 Å². The van der Waals surface area contributed by atoms with Crippen LogP contribution < -0.4 is 33.4 Å². The molecule has 7 aromatic heterocycles. The molecular formula is C91H51ClF20N14O8. The van der Waals surface area contributed by atoms with Crippen LogP contribution in [-0.4, -0.2) is 69.7 Å². The van der Waals surface area contributed by atoms with E-state index in [1.165, 1.54) is 116 Å². The molecular weight excluding hydrogens is 1830 g/mol. The number of fused-ring (bicyclic) bond motifs is 5. The summed E-state index contributed by atoms with van der Waals surface area (Å²) < 4.78 is 261. The Morgan fingerprint density at radius 1 is 0.284 bits per heavy atom. The minimum Gasteiger partial charge on any atom is -0.306 e. The highest BCUT2D eigenvalue weighted by molar-refractivity contribution is 6.33. The average molecular weight is 1880 g/mol. The molecule has 680 valence electrons. The normalized spacial score (nSPS) is 11.7. The molecule has 0 aliphatic carbocycles. The number of nitrogens with one attached hydrogen (secondary N) is 6. The summed E-state index contributed by atoms with van der Waals surface area (Å²) in [6.07, 6.45) is -25.5. The molecule has 0 radical (unpaired) electrons. The van der Waals surface area contributed by atoms with Crippen molar-refractivity contribution >= 4 is 71.8 Å². The van der Waals surface area contributed by atoms with Gasteiger partial charge in [-0.15, -0.1) is 0 Å². The summed E-state index contributed by atoms with van der Waals surface area (Å²) in [5.41, 5.74) is -9.14. The van der Waals surface area contributed by atoms with Gasteiger partial charge in [0.2, 0.25) is 0 Å². The Labute approximate surface area is 738 Å². The van der Waals surface area contributed by atoms with Gasteiger partial charge in [-0.1, -0.05) is 115 Å². The lowest BCUT2D eigenvalue weighted by Crippen LogP contribution is -2.15. The molecule has 0 unspecified atom stereocenters. The number of alkyl halides is 18. The Bertz CT molecular complexity index is 7900. The topological polar surface area (TPSA) is 331 Å². The fraction of sp³-hybridized carbons (Fsp3) is 0.0659. The predicted octanol–water partition coefficient (Wildman–Crippen LogP) is 22.4. The summed E-state index contributed by atoms with van der Waals surface area (Å²) in [5, 5.41) is 12.3. The summed E-state index contributed by atoms with van der Waals surface area (Å²) in [6.45, 7) is 0. The molecule has 0 amide bonds. The maximum absolute atomic E-state index is 13.3. The number of aromatic nitrogens is 13. The number of para-hydroxylation sites is 5. The van der Waals surface area contributed by atoms with E-state index >= 15 is 0 Å². The maximum Gasteiger partial charge on any atom is 0.417 e. The minimum atomic E-state index is -5.05. The third kappa shape index (κ3) is 22.3. The van der Waals surface area contributed by atoms with Crippen LogP contribution >= 0.6 is 11.6 Å². The number of rotatable bonds is 8. The number of nitrogens with zero attached hydrogens (tertiary/aromatic N) is 8. The Kier molecular flexibility index (Phi) is 27.4. The van der Waals surface area contributed by atoms with Crippen molar-refractivity contribution in [3.63, 3.8) is 0 Å². The molecule has 18 aromatic rings. The van der Waals surface area contributed by atoms with E-state index in [2.05, 4.69) is 64.8 Å². The first-order chi connectivity index (χ1) is 63.3. The van der Waals surface area contributed by atoms with E-state index in [9.17, 15) is 127 Å². The predicted molar refractivity (Wildman–Crippen MR) is 454 cm³/mol. The number of H-pyrrole nitrogens is 6. The number of non-ortho nitro benzene ring substituents is 1. The van der Waals surface area contributed by atoms with E-state index in [1.54, 1.807) is 91.0 Å². The minimum absolute atomic E-state index is 0.00448. The van der Waals surface area contributed by atoms with Gasteiger partial charge >= 0.3 is 37.1 Å². The molecule has 0 spiro atoms. The molecule has 134 heavy (non-hydrogen) atoms. The highest BCUT2D eigenvalue weighted by Crippen LogP contribution is 2.44. The molecule has 22 nitrogen and oxygen atoms in total. The van der Waals surface area contributed by atoms with Crippen LogP contribution in [0, 0.1) is 21.7 Å². The van der Waals surface area contributed by atoms with Crippen LogP contribution in [0.3, 0.4) is 0 Å². The van der Waals surface area contributed by atoms with Crippen molar-refractivity contribution in [2.45, 2.75) is 37.1 Å². The third-order valence-corrected chi connectivity index (χ3v) is 19.5. The number of hydrogen-bond acceptors (Lipinski definition) is 15. The van der Waals surface area contributed by atoms with Gasteiger partial charge in [0.25, 0.3) is 39.0 Å². The van der Waals surface area contributed by atoms with Crippen molar-refractivity contribution < 1.29 is 92.7 Å². The lowest BCUT2D eigenvalue weighted by atomic mass is 10.0. The molecule has 7 heterocycles. The molecule has 18 rings (SSSR count). The van der Waals surface area contributed by atoms with Crippen molar-refractivity contribution in [2.75, 3.05) is 0 Å². The number of hydrogen-bond donors (Lipinski definition) is 6. The Morgan fingerprint density at radius 3 is 0.963 bits per heavy atom. The van der Waals surface area contributed by atoms with Gasteiger partial charge in [0.05, 0.1) is 104 Å². The molecule has 0 aliphatic heterocycles. The number of benzene rings is 11. The second-order valence-corrected chi connectivity index (χ2v) is 28.4. The summed E-state index contributed by atoms with van der Waals surface area (Å²) in [7, 11) is 0. The SMILES string of the molecule is O=c1[nH]c(-c2cc(F)ccc2C(F)(F)F)nc2ccccc12.O=c1[nH]c(-c2ccc(C(F)(F)F)cc2C(F)(F)F)nc2ccccc12.O=c1[nH]c(-c2ccc(F)cc2C(F)(F)F)nc2ccccc12.O=c1[nH]c(-c2ccc([N+](=O)[O-])cc2Cl)nc2ccccc12.O=c1[nH]c(-c2ccccc2C(F)(F)F)nc2ccccc12.O=c1cc(-c2ccncc2)nc(-c2ccccc2C(F)(F)F)[nH]1. The summed E-state index contributed by atoms with van der Waals surface area (Å²) in [4.78, 5) is 124. The number of aromatic amines is 6. The zero-order chi connectivity index (χ0) is 96.7. The van der Waals surface area contributed by atoms with Crippen LogP contribution in [-0.2, 0) is 37.1 Å². The van der Waals surface area contributed by atoms with Gasteiger partial charge in [-0.3, -0.25) is 43.9 Å². The number of halogens is 21. The molecule has 0 saturated heterocycles. The molecule has 43 heteroatoms. The van der Waals surface area contributed by atoms with Crippen molar-refractivity contribution in [3.8, 4) is 79.6 Å². The second-order valence-electron chi connectivity index (χ2n) is 28.0. The van der Waals surface area contributed by atoms with E-state index in [0.717, 1.165) is 24.3 Å². The lowest BCUT2D eigenvalue weighted by Gasteiger charge is -2.15. The summed E-state index contributed by atoms with van der Waals surface area (Å²) >= 11 is 6.05. The first kappa shape index (κ1) is 95.0. The van der Waals surface area contributed by atoms with Crippen LogP contribution in [0.5, 0.6) is 0 Å². The molecule has 0 saturated carbocycles. The third-order valence-electron chi connectivity index (χ3n) is 19.2. The zero-order valence-electron chi connectivity index (χ0n) is 66.8. The standard InChI is InChI=1S/C16H8F6N2O.C16H10F3N3O.2C15H8F4N2O.C15H9F3N2O.C14H8ClN3O3/c17-15(18,19)8-5-6-9(11(7-8)16(20,21)22)13-23-12-4-2-1-3-10(12)14(25)24-13;17-16(18,19)12-4-2-1-3-11(12)15-21-13(9-14(23)22-15)10-5-7-20-8-6-10;16-8-5-6-9(11(7-8)15(17,18)19)13-20-12-4-2-1-3-10(12)14(22)21-13;16-8-5-6-11(15(17,18)19)10(7-8)13-20-12-4-2-1-3-9(12)14(22)21-13;16-15(17,18)11-7-3-1-5-9(11)13-19-12-8-4-2-6-10(12)14(21)20-13;15-11-7-8(18(20)21)5-6-9(11)13-16-12-4-2-1-3-10(12)14(19)17-13/h1-7H,(H,23,24,25);1-9H,(H,21,22,23);2*1-7H,(H,20,21,22);1-8H,(H,19,20,21);1-7H,(H,16,17,19). The van der Waals surface area contributed by atoms with Crippen LogP contribution in [0.25, 0.3) is 134 Å². The Hall–Kier alpha value is -16.6. The van der Waals surface area contributed by atoms with E-state index in [4.69, 9.17) is 11.6 Å². The summed E-state index contributed by atoms with van der Waals surface area (Å²) in [5.74, 6) is -2.84. The summed E-state index contributed by atoms with van der Waals surface area (Å²) in [6, 6.07) is 55.8. The monoisotopic (exact) mass is 1880 g/mol. The van der Waals surface area contributed by atoms with Gasteiger partial charge in [0.15, 0.2) is 0 Å². The van der Waals surface area contributed by atoms with E-state index in [1.807, 2.05) is 0 Å². The first-order valence-corrected chi connectivity index (χ1v) is 38.4. The van der Waals surface area contributed by atoms with Crippen molar-refractivity contribution in [3.05, 3.63) is 396 Å². The second kappa shape index (κ2) is 38.6. The van der Waals surface area contributed by atoms with E-state index in [0.29, 0.717) is 69.3 Å². The van der Waals surface area contributed by atoms with Gasteiger partial charge in [0.1, 0.15) is 46.6 Å². The first-order valence-electron chi connectivity index (χ1n) is 38.0. The largest absolute Gasteiger partial charge is 0.417 e. The van der Waals surface area contributed by atoms with Crippen LogP contribution in [0.4, 0.5) is 93.5 Å². The Balaban J connectivity index is 0.000000136. The smallest absolute Gasteiger partial charge is 0.306 e. The molecule has 0 atom stereocenters. The maximum atomic E-state index is 13.3. The van der Waals surface area contributed by atoms with Gasteiger partial charge < -0.3 is 29.9 Å². The van der Waals surface area contributed by atoms with Crippen LogP contribution in [0.2, 0.25) is 5.02 Å². The van der Waals surface area contributed by atoms with Gasteiger partial charge in [-0.2, -0.15) is 79.0 Å². The van der Waals surface area contributed by atoms with Gasteiger partial charge in [-0.05, 0) is 140 Å². The highest BCUT2D eigenvalue weighted by Gasteiger charge is 2.41. The fourth-order valence-corrected chi connectivity index (χ4v) is 13.4. The van der Waals surface area contributed by atoms with Gasteiger partial charge in [0, 0.05) is 69.5 Å². The number of nitro groups is 1.